The zero-order chi connectivity index (χ0) is 18.6. The highest BCUT2D eigenvalue weighted by Gasteiger charge is 2.10. The minimum atomic E-state index is 1.24. The van der Waals surface area contributed by atoms with E-state index in [0.717, 1.165) is 0 Å². The molecular formula is C24H27IS2. The van der Waals surface area contributed by atoms with Gasteiger partial charge in [0.25, 0.3) is 0 Å². The number of thiophene rings is 2. The van der Waals surface area contributed by atoms with Crippen LogP contribution < -0.4 is 0 Å². The average Bonchev–Trinajstić information content (AvgIpc) is 3.25. The molecular weight excluding hydrogens is 479 g/mol. The summed E-state index contributed by atoms with van der Waals surface area (Å²) in [6, 6.07) is 14.1. The summed E-state index contributed by atoms with van der Waals surface area (Å²) in [6.45, 7) is 2.29. The van der Waals surface area contributed by atoms with Gasteiger partial charge in [-0.3, -0.25) is 0 Å². The lowest BCUT2D eigenvalue weighted by molar-refractivity contribution is 0.576. The molecule has 2 aromatic heterocycles. The molecule has 0 aliphatic rings. The lowest BCUT2D eigenvalue weighted by atomic mass is 10.0. The SMILES string of the molecule is CCCCCCCCCCc1cc2c(ccc3c4cc(I)sc4ccc23)s1. The van der Waals surface area contributed by atoms with Crippen molar-refractivity contribution in [3.05, 3.63) is 44.2 Å². The van der Waals surface area contributed by atoms with Gasteiger partial charge in [-0.05, 0) is 70.5 Å². The summed E-state index contributed by atoms with van der Waals surface area (Å²) in [7, 11) is 0. The van der Waals surface area contributed by atoms with E-state index in [4.69, 9.17) is 0 Å². The zero-order valence-corrected chi connectivity index (χ0v) is 19.8. The molecule has 0 aliphatic carbocycles. The molecule has 0 bridgehead atoms. The van der Waals surface area contributed by atoms with Crippen molar-refractivity contribution in [3.63, 3.8) is 0 Å². The Hall–Kier alpha value is -0.650. The predicted octanol–water partition coefficient (Wildman–Crippen LogP) is 9.56. The van der Waals surface area contributed by atoms with Gasteiger partial charge < -0.3 is 0 Å². The zero-order valence-electron chi connectivity index (χ0n) is 16.0. The van der Waals surface area contributed by atoms with Crippen LogP contribution in [-0.2, 0) is 6.42 Å². The highest BCUT2D eigenvalue weighted by molar-refractivity contribution is 14.1. The second-order valence-electron chi connectivity index (χ2n) is 7.54. The first-order valence-electron chi connectivity index (χ1n) is 10.3. The first kappa shape index (κ1) is 19.7. The van der Waals surface area contributed by atoms with Crippen LogP contribution in [0.5, 0.6) is 0 Å². The van der Waals surface area contributed by atoms with Crippen molar-refractivity contribution in [1.29, 1.82) is 0 Å². The molecule has 27 heavy (non-hydrogen) atoms. The first-order chi connectivity index (χ1) is 13.3. The van der Waals surface area contributed by atoms with Crippen LogP contribution in [0.3, 0.4) is 0 Å². The van der Waals surface area contributed by atoms with Gasteiger partial charge in [-0.1, -0.05) is 64.0 Å². The molecule has 0 fully saturated rings. The van der Waals surface area contributed by atoms with E-state index in [-0.39, 0.29) is 0 Å². The molecule has 0 spiro atoms. The van der Waals surface area contributed by atoms with Crippen LogP contribution in [0.4, 0.5) is 0 Å². The summed E-state index contributed by atoms with van der Waals surface area (Å²) >= 11 is 6.33. The van der Waals surface area contributed by atoms with Crippen LogP contribution in [0, 0.1) is 2.88 Å². The molecule has 0 nitrogen and oxygen atoms in total. The molecule has 0 N–H and O–H groups in total. The van der Waals surface area contributed by atoms with Crippen molar-refractivity contribution in [2.75, 3.05) is 0 Å². The topological polar surface area (TPSA) is 0 Å². The van der Waals surface area contributed by atoms with Crippen LogP contribution >= 0.6 is 45.3 Å². The van der Waals surface area contributed by atoms with Crippen molar-refractivity contribution < 1.29 is 0 Å². The molecule has 4 aromatic rings. The van der Waals surface area contributed by atoms with Crippen molar-refractivity contribution in [2.45, 2.75) is 64.7 Å². The van der Waals surface area contributed by atoms with Gasteiger partial charge in [0, 0.05) is 25.0 Å². The lowest BCUT2D eigenvalue weighted by Gasteiger charge is -2.01. The molecule has 0 unspecified atom stereocenters. The standard InChI is InChI=1S/C24H27IS2/c1-2-3-4-5-6-7-8-9-10-17-15-20-18-12-14-23-21(16-24(25)27-23)19(18)11-13-22(20)26-17/h11-16H,2-10H2,1H3. The quantitative estimate of drug-likeness (QED) is 0.157. The van der Waals surface area contributed by atoms with Gasteiger partial charge in [-0.15, -0.1) is 22.7 Å². The van der Waals surface area contributed by atoms with Gasteiger partial charge in [0.15, 0.2) is 0 Å². The molecule has 142 valence electrons. The van der Waals surface area contributed by atoms with Gasteiger partial charge in [0.05, 0.1) is 2.88 Å². The maximum atomic E-state index is 2.47. The van der Waals surface area contributed by atoms with Crippen LogP contribution in [0.15, 0.2) is 36.4 Å². The van der Waals surface area contributed by atoms with Crippen molar-refractivity contribution >= 4 is 76.2 Å². The second kappa shape index (κ2) is 9.23. The summed E-state index contributed by atoms with van der Waals surface area (Å²) < 4.78 is 4.22. The molecule has 0 saturated heterocycles. The van der Waals surface area contributed by atoms with E-state index >= 15 is 0 Å². The van der Waals surface area contributed by atoms with Crippen LogP contribution in [0.2, 0.25) is 0 Å². The first-order valence-corrected chi connectivity index (χ1v) is 13.0. The molecule has 4 rings (SSSR count). The number of unbranched alkanes of at least 4 members (excludes halogenated alkanes) is 7. The molecule has 0 amide bonds. The Morgan fingerprint density at radius 3 is 1.96 bits per heavy atom. The van der Waals surface area contributed by atoms with Crippen LogP contribution in [-0.4, -0.2) is 0 Å². The van der Waals surface area contributed by atoms with Gasteiger partial charge in [-0.2, -0.15) is 0 Å². The van der Waals surface area contributed by atoms with E-state index in [1.165, 1.54) is 91.6 Å². The van der Waals surface area contributed by atoms with E-state index in [1.807, 2.05) is 22.7 Å². The number of hydrogen-bond acceptors (Lipinski definition) is 2. The maximum absolute atomic E-state index is 2.47. The monoisotopic (exact) mass is 506 g/mol. The fraction of sp³-hybridized carbons (Fsp3) is 0.417. The summed E-state index contributed by atoms with van der Waals surface area (Å²) in [4.78, 5) is 1.56. The highest BCUT2D eigenvalue weighted by Crippen LogP contribution is 2.38. The molecule has 0 radical (unpaired) electrons. The number of hydrogen-bond donors (Lipinski definition) is 0. The Morgan fingerprint density at radius 2 is 1.26 bits per heavy atom. The third-order valence-corrected chi connectivity index (χ3v) is 8.51. The number of halogens is 1. The maximum Gasteiger partial charge on any atom is 0.0666 e. The smallest absolute Gasteiger partial charge is 0.0666 e. The number of aryl methyl sites for hydroxylation is 1. The summed E-state index contributed by atoms with van der Waals surface area (Å²) in [6.07, 6.45) is 12.4. The highest BCUT2D eigenvalue weighted by atomic mass is 127. The van der Waals surface area contributed by atoms with Gasteiger partial charge >= 0.3 is 0 Å². The Morgan fingerprint density at radius 1 is 0.667 bits per heavy atom. The van der Waals surface area contributed by atoms with E-state index in [9.17, 15) is 0 Å². The van der Waals surface area contributed by atoms with Crippen LogP contribution in [0.25, 0.3) is 30.9 Å². The largest absolute Gasteiger partial charge is 0.140 e. The Labute approximate surface area is 184 Å². The predicted molar refractivity (Wildman–Crippen MR) is 134 cm³/mol. The molecule has 2 aromatic carbocycles. The van der Waals surface area contributed by atoms with Gasteiger partial charge in [0.1, 0.15) is 0 Å². The molecule has 0 atom stereocenters. The molecule has 0 saturated carbocycles. The summed E-state index contributed by atoms with van der Waals surface area (Å²) in [5, 5.41) is 5.71. The minimum Gasteiger partial charge on any atom is -0.140 e. The Bertz CT molecular complexity index is 1040. The summed E-state index contributed by atoms with van der Waals surface area (Å²) in [5.41, 5.74) is 0. The van der Waals surface area contributed by atoms with Crippen LogP contribution in [0.1, 0.15) is 63.2 Å². The van der Waals surface area contributed by atoms with Crippen molar-refractivity contribution in [1.82, 2.24) is 0 Å². The Kier molecular flexibility index (Phi) is 6.72. The molecule has 2 heterocycles. The fourth-order valence-corrected chi connectivity index (χ4v) is 6.97. The van der Waals surface area contributed by atoms with E-state index in [0.29, 0.717) is 0 Å². The van der Waals surface area contributed by atoms with Crippen molar-refractivity contribution in [3.8, 4) is 0 Å². The molecule has 0 aliphatic heterocycles. The minimum absolute atomic E-state index is 1.24. The van der Waals surface area contributed by atoms with E-state index in [2.05, 4.69) is 65.9 Å². The Balaban J connectivity index is 1.44. The van der Waals surface area contributed by atoms with E-state index in [1.54, 1.807) is 4.88 Å². The van der Waals surface area contributed by atoms with Gasteiger partial charge in [-0.25, -0.2) is 0 Å². The average molecular weight is 507 g/mol. The fourth-order valence-electron chi connectivity index (χ4n) is 4.02. The summed E-state index contributed by atoms with van der Waals surface area (Å²) in [5.74, 6) is 0. The van der Waals surface area contributed by atoms with E-state index < -0.39 is 0 Å². The van der Waals surface area contributed by atoms with Gasteiger partial charge in [0.2, 0.25) is 0 Å². The lowest BCUT2D eigenvalue weighted by Crippen LogP contribution is -1.83. The third kappa shape index (κ3) is 4.51. The molecule has 3 heteroatoms. The second-order valence-corrected chi connectivity index (χ2v) is 11.7. The number of benzene rings is 2. The normalized spacial score (nSPS) is 11.9. The third-order valence-electron chi connectivity index (χ3n) is 5.49. The number of rotatable bonds is 9. The van der Waals surface area contributed by atoms with Crippen molar-refractivity contribution in [2.24, 2.45) is 0 Å². The number of fused-ring (bicyclic) bond motifs is 5.